The number of carbonyl (C=O) groups is 1. The molecule has 0 bridgehead atoms. The summed E-state index contributed by atoms with van der Waals surface area (Å²) >= 11 is 3.30. The van der Waals surface area contributed by atoms with Gasteiger partial charge in [0.25, 0.3) is 0 Å². The summed E-state index contributed by atoms with van der Waals surface area (Å²) in [6.07, 6.45) is 0.512. The summed E-state index contributed by atoms with van der Waals surface area (Å²) < 4.78 is 0.904. The lowest BCUT2D eigenvalue weighted by atomic mass is 9.92. The molecule has 1 aliphatic heterocycles. The van der Waals surface area contributed by atoms with Crippen molar-refractivity contribution in [2.45, 2.75) is 24.9 Å². The number of nitro groups is 1. The van der Waals surface area contributed by atoms with Gasteiger partial charge in [-0.1, -0.05) is 28.1 Å². The van der Waals surface area contributed by atoms with Gasteiger partial charge in [-0.2, -0.15) is 0 Å². The highest BCUT2D eigenvalue weighted by atomic mass is 79.9. The number of hydrogen-bond acceptors (Lipinski definition) is 3. The minimum Gasteiger partial charge on any atom is -0.343 e. The summed E-state index contributed by atoms with van der Waals surface area (Å²) in [4.78, 5) is 22.0. The molecule has 2 atom stereocenters. The van der Waals surface area contributed by atoms with Crippen molar-refractivity contribution in [2.75, 3.05) is 0 Å². The van der Waals surface area contributed by atoms with Crippen LogP contribution in [0.15, 0.2) is 28.7 Å². The van der Waals surface area contributed by atoms with E-state index < -0.39 is 12.1 Å². The second-order valence-electron chi connectivity index (χ2n) is 3.99. The molecule has 0 aromatic heterocycles. The van der Waals surface area contributed by atoms with E-state index in [9.17, 15) is 14.9 Å². The van der Waals surface area contributed by atoms with Gasteiger partial charge in [0, 0.05) is 22.2 Å². The predicted molar refractivity (Wildman–Crippen MR) is 65.0 cm³/mol. The van der Waals surface area contributed by atoms with Crippen LogP contribution in [-0.2, 0) is 4.79 Å². The Morgan fingerprint density at radius 3 is 2.59 bits per heavy atom. The quantitative estimate of drug-likeness (QED) is 0.671. The fraction of sp³-hybridized carbons (Fsp3) is 0.364. The van der Waals surface area contributed by atoms with E-state index in [0.717, 1.165) is 10.0 Å². The van der Waals surface area contributed by atoms with E-state index in [4.69, 9.17) is 0 Å². The summed E-state index contributed by atoms with van der Waals surface area (Å²) in [5, 5.41) is 13.6. The fourth-order valence-corrected chi connectivity index (χ4v) is 2.25. The van der Waals surface area contributed by atoms with Gasteiger partial charge in [-0.3, -0.25) is 14.9 Å². The highest BCUT2D eigenvalue weighted by Gasteiger charge is 2.37. The molecule has 2 rings (SSSR count). The van der Waals surface area contributed by atoms with Crippen LogP contribution in [0.1, 0.15) is 24.4 Å². The van der Waals surface area contributed by atoms with Crippen molar-refractivity contribution in [2.24, 2.45) is 0 Å². The molecule has 0 spiro atoms. The number of nitrogens with zero attached hydrogens (tertiary/aromatic N) is 1. The lowest BCUT2D eigenvalue weighted by Crippen LogP contribution is -2.45. The smallest absolute Gasteiger partial charge is 0.237 e. The topological polar surface area (TPSA) is 72.2 Å². The van der Waals surface area contributed by atoms with E-state index in [1.54, 1.807) is 12.1 Å². The Bertz CT molecular complexity index is 447. The van der Waals surface area contributed by atoms with Crippen LogP contribution in [0.4, 0.5) is 0 Å². The molecule has 1 heterocycles. The molecule has 1 N–H and O–H groups in total. The van der Waals surface area contributed by atoms with Crippen LogP contribution >= 0.6 is 15.9 Å². The Kier molecular flexibility index (Phi) is 3.42. The van der Waals surface area contributed by atoms with Crippen molar-refractivity contribution >= 4 is 21.8 Å². The maximum Gasteiger partial charge on any atom is 0.237 e. The van der Waals surface area contributed by atoms with Crippen molar-refractivity contribution < 1.29 is 9.72 Å². The van der Waals surface area contributed by atoms with Gasteiger partial charge in [0.2, 0.25) is 11.9 Å². The minimum atomic E-state index is -0.742. The first-order chi connectivity index (χ1) is 8.08. The molecular formula is C11H11BrN2O3. The van der Waals surface area contributed by atoms with Crippen molar-refractivity contribution in [1.82, 2.24) is 5.32 Å². The van der Waals surface area contributed by atoms with Crippen LogP contribution in [0.2, 0.25) is 0 Å². The largest absolute Gasteiger partial charge is 0.343 e. The van der Waals surface area contributed by atoms with Crippen LogP contribution in [0, 0.1) is 10.1 Å². The van der Waals surface area contributed by atoms with Gasteiger partial charge in [-0.05, 0) is 17.7 Å². The standard InChI is InChI=1S/C11H11BrN2O3/c12-8-3-1-7(2-4-8)11-9(14(16)17)5-6-10(15)13-11/h1-4,9,11H,5-6H2,(H,13,15). The molecule has 90 valence electrons. The van der Waals surface area contributed by atoms with Crippen LogP contribution < -0.4 is 5.32 Å². The van der Waals surface area contributed by atoms with Gasteiger partial charge in [-0.25, -0.2) is 0 Å². The van der Waals surface area contributed by atoms with Crippen molar-refractivity contribution in [3.05, 3.63) is 44.4 Å². The fourth-order valence-electron chi connectivity index (χ4n) is 1.99. The summed E-state index contributed by atoms with van der Waals surface area (Å²) in [5.74, 6) is -0.129. The third-order valence-corrected chi connectivity index (χ3v) is 3.40. The summed E-state index contributed by atoms with van der Waals surface area (Å²) in [5.41, 5.74) is 0.767. The highest BCUT2D eigenvalue weighted by Crippen LogP contribution is 2.27. The number of benzene rings is 1. The molecular weight excluding hydrogens is 288 g/mol. The van der Waals surface area contributed by atoms with Gasteiger partial charge >= 0.3 is 0 Å². The van der Waals surface area contributed by atoms with E-state index in [-0.39, 0.29) is 17.3 Å². The Morgan fingerprint density at radius 1 is 1.35 bits per heavy atom. The Morgan fingerprint density at radius 2 is 2.00 bits per heavy atom. The van der Waals surface area contributed by atoms with Gasteiger partial charge in [0.05, 0.1) is 0 Å². The zero-order valence-corrected chi connectivity index (χ0v) is 10.5. The number of amides is 1. The maximum absolute atomic E-state index is 11.3. The lowest BCUT2D eigenvalue weighted by Gasteiger charge is -2.26. The molecule has 1 amide bonds. The molecule has 17 heavy (non-hydrogen) atoms. The molecule has 0 radical (unpaired) electrons. The Balaban J connectivity index is 2.28. The SMILES string of the molecule is O=C1CCC([N+](=O)[O-])C(c2ccc(Br)cc2)N1. The predicted octanol–water partition coefficient (Wildman–Crippen LogP) is 2.05. The first-order valence-corrected chi connectivity index (χ1v) is 6.05. The number of halogens is 1. The second-order valence-corrected chi connectivity index (χ2v) is 4.90. The van der Waals surface area contributed by atoms with Crippen LogP contribution in [0.5, 0.6) is 0 Å². The number of nitrogens with one attached hydrogen (secondary N) is 1. The van der Waals surface area contributed by atoms with Crippen molar-refractivity contribution in [3.63, 3.8) is 0 Å². The van der Waals surface area contributed by atoms with Crippen LogP contribution in [0.3, 0.4) is 0 Å². The maximum atomic E-state index is 11.3. The molecule has 1 fully saturated rings. The number of piperidine rings is 1. The summed E-state index contributed by atoms with van der Waals surface area (Å²) in [6.45, 7) is 0. The first kappa shape index (κ1) is 12.0. The molecule has 1 aromatic carbocycles. The number of carbonyl (C=O) groups excluding carboxylic acids is 1. The molecule has 1 aromatic rings. The monoisotopic (exact) mass is 298 g/mol. The molecule has 2 unspecified atom stereocenters. The lowest BCUT2D eigenvalue weighted by molar-refractivity contribution is -0.529. The molecule has 6 heteroatoms. The molecule has 5 nitrogen and oxygen atoms in total. The minimum absolute atomic E-state index is 0.129. The Hall–Kier alpha value is -1.43. The molecule has 0 aliphatic carbocycles. The van der Waals surface area contributed by atoms with E-state index in [1.165, 1.54) is 0 Å². The molecule has 1 saturated heterocycles. The van der Waals surface area contributed by atoms with E-state index >= 15 is 0 Å². The van der Waals surface area contributed by atoms with Gasteiger partial charge in [0.1, 0.15) is 6.04 Å². The highest BCUT2D eigenvalue weighted by molar-refractivity contribution is 9.10. The second kappa shape index (κ2) is 4.83. The van der Waals surface area contributed by atoms with Crippen molar-refractivity contribution in [3.8, 4) is 0 Å². The normalized spacial score (nSPS) is 24.2. The third-order valence-electron chi connectivity index (χ3n) is 2.87. The zero-order valence-electron chi connectivity index (χ0n) is 8.93. The van der Waals surface area contributed by atoms with Gasteiger partial charge < -0.3 is 5.32 Å². The molecule has 1 aliphatic rings. The van der Waals surface area contributed by atoms with Gasteiger partial charge in [0.15, 0.2) is 0 Å². The summed E-state index contributed by atoms with van der Waals surface area (Å²) in [6, 6.07) is 5.93. The molecule has 0 saturated carbocycles. The average molecular weight is 299 g/mol. The summed E-state index contributed by atoms with van der Waals surface area (Å²) in [7, 11) is 0. The van der Waals surface area contributed by atoms with E-state index in [1.807, 2.05) is 12.1 Å². The number of rotatable bonds is 2. The van der Waals surface area contributed by atoms with Crippen LogP contribution in [-0.4, -0.2) is 16.9 Å². The van der Waals surface area contributed by atoms with Crippen LogP contribution in [0.25, 0.3) is 0 Å². The third kappa shape index (κ3) is 2.63. The average Bonchev–Trinajstić information content (AvgIpc) is 2.29. The van der Waals surface area contributed by atoms with Crippen molar-refractivity contribution in [1.29, 1.82) is 0 Å². The van der Waals surface area contributed by atoms with E-state index in [0.29, 0.717) is 6.42 Å². The van der Waals surface area contributed by atoms with Gasteiger partial charge in [-0.15, -0.1) is 0 Å². The zero-order chi connectivity index (χ0) is 12.4. The Labute approximate surface area is 106 Å². The number of hydrogen-bond donors (Lipinski definition) is 1. The van der Waals surface area contributed by atoms with E-state index in [2.05, 4.69) is 21.2 Å². The first-order valence-electron chi connectivity index (χ1n) is 5.26.